The smallest absolute Gasteiger partial charge is 0.406 e. The highest BCUT2D eigenvalue weighted by Gasteiger charge is 2.30. The first-order chi connectivity index (χ1) is 12.4. The van der Waals surface area contributed by atoms with Crippen molar-refractivity contribution >= 4 is 0 Å². The standard InChI is InChI=1S/C19H14F3NO3/c20-19(21,22)26-17-8-6-16(7-9-17)23-11-15(5-10-18(23)25)14-3-1-13(12-24)2-4-14/h1-11,24H,12H2. The van der Waals surface area contributed by atoms with Crippen molar-refractivity contribution in [2.24, 2.45) is 0 Å². The first-order valence-electron chi connectivity index (χ1n) is 7.65. The molecule has 1 aromatic heterocycles. The zero-order valence-electron chi connectivity index (χ0n) is 13.4. The third kappa shape index (κ3) is 4.12. The normalized spacial score (nSPS) is 11.4. The largest absolute Gasteiger partial charge is 0.573 e. The summed E-state index contributed by atoms with van der Waals surface area (Å²) in [5.74, 6) is -0.356. The minimum atomic E-state index is -4.76. The van der Waals surface area contributed by atoms with E-state index in [2.05, 4.69) is 4.74 Å². The summed E-state index contributed by atoms with van der Waals surface area (Å²) in [6, 6.07) is 15.3. The molecule has 1 heterocycles. The number of hydrogen-bond donors (Lipinski definition) is 1. The molecule has 0 unspecified atom stereocenters. The maximum Gasteiger partial charge on any atom is 0.573 e. The monoisotopic (exact) mass is 361 g/mol. The summed E-state index contributed by atoms with van der Waals surface area (Å²) in [5.41, 5.74) is 2.46. The lowest BCUT2D eigenvalue weighted by Gasteiger charge is -2.11. The van der Waals surface area contributed by atoms with Crippen LogP contribution in [0.3, 0.4) is 0 Å². The Kier molecular flexibility index (Phi) is 4.81. The molecule has 7 heteroatoms. The Morgan fingerprint density at radius 2 is 1.50 bits per heavy atom. The van der Waals surface area contributed by atoms with Crippen LogP contribution in [0.25, 0.3) is 16.8 Å². The van der Waals surface area contributed by atoms with Gasteiger partial charge in [-0.3, -0.25) is 9.36 Å². The van der Waals surface area contributed by atoms with Gasteiger partial charge in [0.15, 0.2) is 0 Å². The molecule has 0 aliphatic rings. The number of alkyl halides is 3. The van der Waals surface area contributed by atoms with E-state index in [4.69, 9.17) is 5.11 Å². The van der Waals surface area contributed by atoms with Gasteiger partial charge in [-0.25, -0.2) is 0 Å². The number of ether oxygens (including phenoxy) is 1. The van der Waals surface area contributed by atoms with Gasteiger partial charge in [-0.1, -0.05) is 24.3 Å². The molecule has 0 saturated carbocycles. The van der Waals surface area contributed by atoms with Gasteiger partial charge in [0, 0.05) is 18.0 Å². The highest BCUT2D eigenvalue weighted by atomic mass is 19.4. The van der Waals surface area contributed by atoms with E-state index in [9.17, 15) is 18.0 Å². The second kappa shape index (κ2) is 7.05. The molecule has 4 nitrogen and oxygen atoms in total. The molecule has 0 saturated heterocycles. The van der Waals surface area contributed by atoms with Crippen LogP contribution in [0, 0.1) is 0 Å². The Balaban J connectivity index is 1.93. The average Bonchev–Trinajstić information content (AvgIpc) is 2.62. The summed E-state index contributed by atoms with van der Waals surface area (Å²) in [4.78, 5) is 12.1. The third-order valence-corrected chi connectivity index (χ3v) is 3.73. The van der Waals surface area contributed by atoms with E-state index in [1.54, 1.807) is 24.4 Å². The summed E-state index contributed by atoms with van der Waals surface area (Å²) in [5, 5.41) is 9.10. The fourth-order valence-electron chi connectivity index (χ4n) is 2.47. The molecule has 0 amide bonds. The Labute approximate surface area is 146 Å². The molecule has 134 valence electrons. The quantitative estimate of drug-likeness (QED) is 0.767. The number of nitrogens with zero attached hydrogens (tertiary/aromatic N) is 1. The lowest BCUT2D eigenvalue weighted by molar-refractivity contribution is -0.274. The molecule has 0 radical (unpaired) electrons. The molecule has 0 aliphatic heterocycles. The van der Waals surface area contributed by atoms with Gasteiger partial charge in [0.1, 0.15) is 5.75 Å². The van der Waals surface area contributed by atoms with Gasteiger partial charge in [0.2, 0.25) is 0 Å². The van der Waals surface area contributed by atoms with E-state index >= 15 is 0 Å². The molecule has 26 heavy (non-hydrogen) atoms. The molecular weight excluding hydrogens is 347 g/mol. The number of benzene rings is 2. The van der Waals surface area contributed by atoms with Gasteiger partial charge in [0.25, 0.3) is 5.56 Å². The van der Waals surface area contributed by atoms with Crippen LogP contribution in [-0.2, 0) is 6.61 Å². The van der Waals surface area contributed by atoms with Gasteiger partial charge in [-0.05, 0) is 47.0 Å². The van der Waals surface area contributed by atoms with Crippen molar-refractivity contribution in [2.75, 3.05) is 0 Å². The Morgan fingerprint density at radius 1 is 0.885 bits per heavy atom. The average molecular weight is 361 g/mol. The van der Waals surface area contributed by atoms with Crippen LogP contribution >= 0.6 is 0 Å². The first-order valence-corrected chi connectivity index (χ1v) is 7.65. The van der Waals surface area contributed by atoms with Gasteiger partial charge in [-0.15, -0.1) is 13.2 Å². The minimum Gasteiger partial charge on any atom is -0.406 e. The van der Waals surface area contributed by atoms with Gasteiger partial charge in [-0.2, -0.15) is 0 Å². The molecular formula is C19H14F3NO3. The Hall–Kier alpha value is -3.06. The Bertz CT molecular complexity index is 946. The molecule has 3 rings (SSSR count). The van der Waals surface area contributed by atoms with Crippen LogP contribution in [0.5, 0.6) is 5.75 Å². The van der Waals surface area contributed by atoms with Crippen molar-refractivity contribution in [3.8, 4) is 22.6 Å². The second-order valence-corrected chi connectivity index (χ2v) is 5.52. The number of aliphatic hydroxyl groups is 1. The van der Waals surface area contributed by atoms with Gasteiger partial charge < -0.3 is 9.84 Å². The summed E-state index contributed by atoms with van der Waals surface area (Å²) in [7, 11) is 0. The van der Waals surface area contributed by atoms with Crippen LogP contribution < -0.4 is 10.3 Å². The molecule has 0 spiro atoms. The molecule has 0 aliphatic carbocycles. The Morgan fingerprint density at radius 3 is 2.08 bits per heavy atom. The van der Waals surface area contributed by atoms with E-state index in [0.29, 0.717) is 5.69 Å². The van der Waals surface area contributed by atoms with Gasteiger partial charge >= 0.3 is 6.36 Å². The van der Waals surface area contributed by atoms with Crippen LogP contribution in [0.1, 0.15) is 5.56 Å². The lowest BCUT2D eigenvalue weighted by atomic mass is 10.1. The first kappa shape index (κ1) is 17.8. The van der Waals surface area contributed by atoms with Crippen molar-refractivity contribution in [1.29, 1.82) is 0 Å². The van der Waals surface area contributed by atoms with Crippen molar-refractivity contribution in [1.82, 2.24) is 4.57 Å². The highest BCUT2D eigenvalue weighted by Crippen LogP contribution is 2.24. The van der Waals surface area contributed by atoms with Crippen LogP contribution in [0.2, 0.25) is 0 Å². The zero-order valence-corrected chi connectivity index (χ0v) is 13.4. The fourth-order valence-corrected chi connectivity index (χ4v) is 2.47. The lowest BCUT2D eigenvalue weighted by Crippen LogP contribution is -2.18. The number of aromatic nitrogens is 1. The van der Waals surface area contributed by atoms with E-state index in [0.717, 1.165) is 28.8 Å². The van der Waals surface area contributed by atoms with E-state index < -0.39 is 6.36 Å². The highest BCUT2D eigenvalue weighted by molar-refractivity contribution is 5.63. The van der Waals surface area contributed by atoms with Crippen molar-refractivity contribution < 1.29 is 23.0 Å². The zero-order chi connectivity index (χ0) is 18.7. The van der Waals surface area contributed by atoms with E-state index in [1.807, 2.05) is 12.1 Å². The number of hydrogen-bond acceptors (Lipinski definition) is 3. The summed E-state index contributed by atoms with van der Waals surface area (Å²) >= 11 is 0. The SMILES string of the molecule is O=c1ccc(-c2ccc(CO)cc2)cn1-c1ccc(OC(F)(F)F)cc1. The van der Waals surface area contributed by atoms with Crippen LogP contribution in [0.15, 0.2) is 71.7 Å². The maximum absolute atomic E-state index is 12.2. The molecule has 0 atom stereocenters. The van der Waals surface area contributed by atoms with Crippen LogP contribution in [-0.4, -0.2) is 16.0 Å². The predicted octanol–water partition coefficient (Wildman–Crippen LogP) is 3.90. The summed E-state index contributed by atoms with van der Waals surface area (Å²) in [6.07, 6.45) is -3.16. The molecule has 2 aromatic carbocycles. The van der Waals surface area contributed by atoms with E-state index in [-0.39, 0.29) is 17.9 Å². The van der Waals surface area contributed by atoms with Gasteiger partial charge in [0.05, 0.1) is 6.61 Å². The summed E-state index contributed by atoms with van der Waals surface area (Å²) in [6.45, 7) is -0.0634. The third-order valence-electron chi connectivity index (χ3n) is 3.73. The number of rotatable bonds is 4. The van der Waals surface area contributed by atoms with Crippen molar-refractivity contribution in [2.45, 2.75) is 13.0 Å². The fraction of sp³-hybridized carbons (Fsp3) is 0.105. The molecule has 0 fully saturated rings. The molecule has 1 N–H and O–H groups in total. The molecule has 0 bridgehead atoms. The van der Waals surface area contributed by atoms with Crippen molar-refractivity contribution in [3.63, 3.8) is 0 Å². The van der Waals surface area contributed by atoms with E-state index in [1.165, 1.54) is 22.8 Å². The maximum atomic E-state index is 12.2. The molecule has 3 aromatic rings. The number of pyridine rings is 1. The second-order valence-electron chi connectivity index (χ2n) is 5.52. The predicted molar refractivity (Wildman–Crippen MR) is 90.1 cm³/mol. The van der Waals surface area contributed by atoms with Crippen LogP contribution in [0.4, 0.5) is 13.2 Å². The summed E-state index contributed by atoms with van der Waals surface area (Å²) < 4.78 is 41.9. The number of aliphatic hydroxyl groups excluding tert-OH is 1. The minimum absolute atomic E-state index is 0.0634. The number of halogens is 3. The van der Waals surface area contributed by atoms with Crippen molar-refractivity contribution in [3.05, 3.63) is 82.8 Å². The topological polar surface area (TPSA) is 51.5 Å².